The Morgan fingerprint density at radius 1 is 1.15 bits per heavy atom. The third-order valence-corrected chi connectivity index (χ3v) is 5.99. The van der Waals surface area contributed by atoms with Crippen molar-refractivity contribution in [2.45, 2.75) is 40.3 Å². The van der Waals surface area contributed by atoms with E-state index in [1.165, 1.54) is 0 Å². The minimum atomic E-state index is -0.170. The van der Waals surface area contributed by atoms with E-state index < -0.39 is 0 Å². The third kappa shape index (κ3) is 4.33. The third-order valence-electron chi connectivity index (χ3n) is 4.84. The van der Waals surface area contributed by atoms with Crippen molar-refractivity contribution in [3.63, 3.8) is 0 Å². The first-order chi connectivity index (χ1) is 12.9. The van der Waals surface area contributed by atoms with Crippen molar-refractivity contribution in [2.24, 2.45) is 5.92 Å². The van der Waals surface area contributed by atoms with Crippen LogP contribution in [0.25, 0.3) is 5.69 Å². The molecule has 3 rings (SSSR count). The first-order valence-electron chi connectivity index (χ1n) is 9.10. The lowest BCUT2D eigenvalue weighted by Gasteiger charge is -2.19. The number of hydrogen-bond donors (Lipinski definition) is 1. The monoisotopic (exact) mass is 428 g/mol. The van der Waals surface area contributed by atoms with E-state index in [1.807, 2.05) is 56.9 Å². The van der Waals surface area contributed by atoms with Crippen molar-refractivity contribution >= 4 is 21.8 Å². The van der Waals surface area contributed by atoms with Gasteiger partial charge in [0.05, 0.1) is 28.7 Å². The molecule has 0 saturated carbocycles. The Morgan fingerprint density at radius 3 is 2.33 bits per heavy atom. The highest BCUT2D eigenvalue weighted by molar-refractivity contribution is 9.10. The molecule has 1 amide bonds. The first kappa shape index (κ1) is 19.4. The SMILES string of the molecule is Cc1nn(CC(C)C(=O)NC(C)c2ccc(-n3cccc3)cc2)c(C)c1Br. The Bertz CT molecular complexity index is 913. The van der Waals surface area contributed by atoms with Crippen LogP contribution in [0.15, 0.2) is 53.3 Å². The molecule has 0 bridgehead atoms. The van der Waals surface area contributed by atoms with E-state index in [-0.39, 0.29) is 17.9 Å². The van der Waals surface area contributed by atoms with Gasteiger partial charge in [-0.1, -0.05) is 19.1 Å². The Balaban J connectivity index is 1.61. The Hall–Kier alpha value is -2.34. The van der Waals surface area contributed by atoms with Crippen LogP contribution in [0, 0.1) is 19.8 Å². The van der Waals surface area contributed by atoms with Crippen LogP contribution in [-0.2, 0) is 11.3 Å². The maximum atomic E-state index is 12.6. The van der Waals surface area contributed by atoms with Crippen molar-refractivity contribution < 1.29 is 4.79 Å². The van der Waals surface area contributed by atoms with E-state index in [2.05, 4.69) is 55.2 Å². The minimum Gasteiger partial charge on any atom is -0.349 e. The Kier molecular flexibility index (Phi) is 5.85. The van der Waals surface area contributed by atoms with Crippen LogP contribution in [0.2, 0.25) is 0 Å². The highest BCUT2D eigenvalue weighted by Gasteiger charge is 2.19. The zero-order valence-corrected chi connectivity index (χ0v) is 17.7. The summed E-state index contributed by atoms with van der Waals surface area (Å²) in [4.78, 5) is 12.6. The average molecular weight is 429 g/mol. The summed E-state index contributed by atoms with van der Waals surface area (Å²) in [6, 6.07) is 12.2. The molecule has 6 heteroatoms. The summed E-state index contributed by atoms with van der Waals surface area (Å²) in [5.41, 5.74) is 4.17. The van der Waals surface area contributed by atoms with Crippen LogP contribution >= 0.6 is 15.9 Å². The molecular weight excluding hydrogens is 404 g/mol. The summed E-state index contributed by atoms with van der Waals surface area (Å²) < 4.78 is 4.95. The molecule has 1 N–H and O–H groups in total. The molecule has 1 aromatic carbocycles. The van der Waals surface area contributed by atoms with Crippen molar-refractivity contribution in [1.29, 1.82) is 0 Å². The molecule has 2 heterocycles. The quantitative estimate of drug-likeness (QED) is 0.624. The average Bonchev–Trinajstić information content (AvgIpc) is 3.27. The lowest BCUT2D eigenvalue weighted by molar-refractivity contribution is -0.125. The Morgan fingerprint density at radius 2 is 1.78 bits per heavy atom. The molecule has 0 aliphatic rings. The van der Waals surface area contributed by atoms with E-state index in [1.54, 1.807) is 0 Å². The second-order valence-corrected chi connectivity index (χ2v) is 7.77. The second kappa shape index (κ2) is 8.13. The summed E-state index contributed by atoms with van der Waals surface area (Å²) in [7, 11) is 0. The van der Waals surface area contributed by atoms with Crippen molar-refractivity contribution in [1.82, 2.24) is 19.7 Å². The van der Waals surface area contributed by atoms with E-state index >= 15 is 0 Å². The normalized spacial score (nSPS) is 13.4. The van der Waals surface area contributed by atoms with Gasteiger partial charge < -0.3 is 9.88 Å². The van der Waals surface area contributed by atoms with E-state index in [4.69, 9.17) is 0 Å². The topological polar surface area (TPSA) is 51.9 Å². The van der Waals surface area contributed by atoms with Crippen LogP contribution < -0.4 is 5.32 Å². The molecule has 2 atom stereocenters. The zero-order valence-electron chi connectivity index (χ0n) is 16.1. The van der Waals surface area contributed by atoms with Crippen molar-refractivity contribution in [3.05, 3.63) is 70.2 Å². The number of benzene rings is 1. The van der Waals surface area contributed by atoms with E-state index in [0.717, 1.165) is 27.1 Å². The van der Waals surface area contributed by atoms with Crippen LogP contribution in [0.4, 0.5) is 0 Å². The molecule has 0 fully saturated rings. The van der Waals surface area contributed by atoms with Crippen LogP contribution in [0.3, 0.4) is 0 Å². The standard InChI is InChI=1S/C21H25BrN4O/c1-14(13-26-17(4)20(22)16(3)24-26)21(27)23-15(2)18-7-9-19(10-8-18)25-11-5-6-12-25/h5-12,14-15H,13H2,1-4H3,(H,23,27). The largest absolute Gasteiger partial charge is 0.349 e. The van der Waals surface area contributed by atoms with Gasteiger partial charge in [-0.15, -0.1) is 0 Å². The predicted octanol–water partition coefficient (Wildman–Crippen LogP) is 4.57. The first-order valence-corrected chi connectivity index (χ1v) is 9.89. The summed E-state index contributed by atoms with van der Waals surface area (Å²) in [5.74, 6) is -0.142. The van der Waals surface area contributed by atoms with E-state index in [9.17, 15) is 4.79 Å². The number of nitrogens with one attached hydrogen (secondary N) is 1. The van der Waals surface area contributed by atoms with Gasteiger partial charge in [0.1, 0.15) is 0 Å². The molecule has 27 heavy (non-hydrogen) atoms. The number of halogens is 1. The summed E-state index contributed by atoms with van der Waals surface area (Å²) in [5, 5.41) is 7.60. The zero-order chi connectivity index (χ0) is 19.6. The molecule has 2 unspecified atom stereocenters. The molecule has 0 aliphatic carbocycles. The number of aromatic nitrogens is 3. The van der Waals surface area contributed by atoms with Gasteiger partial charge in [-0.3, -0.25) is 9.48 Å². The van der Waals surface area contributed by atoms with Crippen LogP contribution in [0.5, 0.6) is 0 Å². The van der Waals surface area contributed by atoms with Gasteiger partial charge in [0.15, 0.2) is 0 Å². The number of carbonyl (C=O) groups is 1. The van der Waals surface area contributed by atoms with Gasteiger partial charge in [0, 0.05) is 23.8 Å². The van der Waals surface area contributed by atoms with Crippen LogP contribution in [0.1, 0.15) is 36.8 Å². The van der Waals surface area contributed by atoms with Gasteiger partial charge in [0.2, 0.25) is 5.91 Å². The minimum absolute atomic E-state index is 0.0284. The Labute approximate surface area is 168 Å². The predicted molar refractivity (Wildman–Crippen MR) is 111 cm³/mol. The van der Waals surface area contributed by atoms with Crippen molar-refractivity contribution in [3.8, 4) is 5.69 Å². The second-order valence-electron chi connectivity index (χ2n) is 6.98. The molecule has 3 aromatic rings. The maximum Gasteiger partial charge on any atom is 0.225 e. The molecular formula is C21H25BrN4O. The van der Waals surface area contributed by atoms with E-state index in [0.29, 0.717) is 6.54 Å². The molecule has 0 radical (unpaired) electrons. The van der Waals surface area contributed by atoms with Gasteiger partial charge in [-0.25, -0.2) is 0 Å². The molecule has 0 aliphatic heterocycles. The van der Waals surface area contributed by atoms with Gasteiger partial charge >= 0.3 is 0 Å². The lowest BCUT2D eigenvalue weighted by atomic mass is 10.1. The number of carbonyl (C=O) groups excluding carboxylic acids is 1. The number of amides is 1. The fraction of sp³-hybridized carbons (Fsp3) is 0.333. The van der Waals surface area contributed by atoms with Gasteiger partial charge in [0.25, 0.3) is 0 Å². The smallest absolute Gasteiger partial charge is 0.225 e. The van der Waals surface area contributed by atoms with Crippen LogP contribution in [-0.4, -0.2) is 20.3 Å². The lowest BCUT2D eigenvalue weighted by Crippen LogP contribution is -2.33. The highest BCUT2D eigenvalue weighted by atomic mass is 79.9. The van der Waals surface area contributed by atoms with Gasteiger partial charge in [-0.05, 0) is 66.5 Å². The summed E-state index contributed by atoms with van der Waals surface area (Å²) in [6.45, 7) is 8.46. The summed E-state index contributed by atoms with van der Waals surface area (Å²) in [6.07, 6.45) is 4.03. The molecule has 0 spiro atoms. The number of aryl methyl sites for hydroxylation is 1. The summed E-state index contributed by atoms with van der Waals surface area (Å²) >= 11 is 3.53. The maximum absolute atomic E-state index is 12.6. The highest BCUT2D eigenvalue weighted by Crippen LogP contribution is 2.21. The molecule has 0 saturated heterocycles. The van der Waals surface area contributed by atoms with Gasteiger partial charge in [-0.2, -0.15) is 5.10 Å². The number of rotatable bonds is 6. The fourth-order valence-corrected chi connectivity index (χ4v) is 3.36. The van der Waals surface area contributed by atoms with Crippen molar-refractivity contribution in [2.75, 3.05) is 0 Å². The molecule has 142 valence electrons. The molecule has 5 nitrogen and oxygen atoms in total. The fourth-order valence-electron chi connectivity index (χ4n) is 3.08. The number of nitrogens with zero attached hydrogens (tertiary/aromatic N) is 3. The molecule has 2 aromatic heterocycles. The number of hydrogen-bond acceptors (Lipinski definition) is 2.